The number of halogens is 1. The van der Waals surface area contributed by atoms with Gasteiger partial charge in [0.25, 0.3) is 0 Å². The SMILES string of the molecule is CCNC(=O)CNC(=O)C(c1nc2ccc(-c3ccc(F)nc3)cc2s1)S(=O)(=O)CCOC. The number of benzene rings is 1. The van der Waals surface area contributed by atoms with Crippen molar-refractivity contribution in [3.8, 4) is 11.1 Å². The van der Waals surface area contributed by atoms with Crippen molar-refractivity contribution in [2.75, 3.05) is 32.6 Å². The van der Waals surface area contributed by atoms with Crippen molar-refractivity contribution in [3.63, 3.8) is 0 Å². The Bertz CT molecular complexity index is 1250. The summed E-state index contributed by atoms with van der Waals surface area (Å²) in [7, 11) is -2.62. The first-order chi connectivity index (χ1) is 15.7. The highest BCUT2D eigenvalue weighted by Gasteiger charge is 2.37. The molecule has 0 radical (unpaired) electrons. The maximum absolute atomic E-state index is 13.1. The average Bonchev–Trinajstić information content (AvgIpc) is 3.19. The second-order valence-corrected chi connectivity index (χ2v) is 10.3. The van der Waals surface area contributed by atoms with Crippen LogP contribution < -0.4 is 10.6 Å². The number of aromatic nitrogens is 2. The van der Waals surface area contributed by atoms with Gasteiger partial charge in [-0.1, -0.05) is 6.07 Å². The molecular weight excluding hydrogens is 471 g/mol. The Morgan fingerprint density at radius 2 is 1.94 bits per heavy atom. The zero-order valence-corrected chi connectivity index (χ0v) is 19.6. The lowest BCUT2D eigenvalue weighted by molar-refractivity contribution is -0.125. The summed E-state index contributed by atoms with van der Waals surface area (Å²) in [6, 6.07) is 8.05. The summed E-state index contributed by atoms with van der Waals surface area (Å²) < 4.78 is 44.6. The smallest absolute Gasteiger partial charge is 0.245 e. The van der Waals surface area contributed by atoms with Crippen LogP contribution in [0.1, 0.15) is 17.2 Å². The minimum atomic E-state index is -3.98. The summed E-state index contributed by atoms with van der Waals surface area (Å²) in [5, 5.41) is 3.42. The second-order valence-electron chi connectivity index (χ2n) is 7.02. The van der Waals surface area contributed by atoms with Crippen LogP contribution in [0.25, 0.3) is 21.3 Å². The van der Waals surface area contributed by atoms with Crippen LogP contribution in [0, 0.1) is 5.95 Å². The molecule has 2 amide bonds. The van der Waals surface area contributed by atoms with E-state index >= 15 is 0 Å². The Kier molecular flexibility index (Phi) is 8.06. The van der Waals surface area contributed by atoms with Crippen molar-refractivity contribution in [2.24, 2.45) is 0 Å². The second kappa shape index (κ2) is 10.8. The molecule has 3 rings (SSSR count). The third-order valence-electron chi connectivity index (χ3n) is 4.66. The van der Waals surface area contributed by atoms with Crippen LogP contribution in [-0.2, 0) is 24.2 Å². The van der Waals surface area contributed by atoms with Crippen LogP contribution in [-0.4, -0.2) is 62.8 Å². The van der Waals surface area contributed by atoms with Gasteiger partial charge in [-0.25, -0.2) is 18.4 Å². The molecule has 2 N–H and O–H groups in total. The van der Waals surface area contributed by atoms with E-state index in [0.717, 1.165) is 16.9 Å². The van der Waals surface area contributed by atoms with Crippen LogP contribution in [0.4, 0.5) is 4.39 Å². The molecule has 1 unspecified atom stereocenters. The number of sulfone groups is 1. The molecule has 0 saturated carbocycles. The van der Waals surface area contributed by atoms with Gasteiger partial charge in [0.05, 0.1) is 29.1 Å². The monoisotopic (exact) mass is 494 g/mol. The molecule has 3 aromatic rings. The normalized spacial score (nSPS) is 12.5. The maximum Gasteiger partial charge on any atom is 0.245 e. The molecule has 0 fully saturated rings. The van der Waals surface area contributed by atoms with E-state index in [-0.39, 0.29) is 23.9 Å². The Hall–Kier alpha value is -2.96. The van der Waals surface area contributed by atoms with Crippen LogP contribution in [0.3, 0.4) is 0 Å². The number of carbonyl (C=O) groups is 2. The first-order valence-electron chi connectivity index (χ1n) is 10.0. The molecule has 9 nitrogen and oxygen atoms in total. The molecule has 33 heavy (non-hydrogen) atoms. The predicted octanol–water partition coefficient (Wildman–Crippen LogP) is 1.85. The fourth-order valence-corrected chi connectivity index (χ4v) is 6.02. The van der Waals surface area contributed by atoms with E-state index in [9.17, 15) is 22.4 Å². The Balaban J connectivity index is 1.96. The fraction of sp³-hybridized carbons (Fsp3) is 0.333. The van der Waals surface area contributed by atoms with Gasteiger partial charge >= 0.3 is 0 Å². The molecular formula is C21H23FN4O5S2. The molecule has 2 aromatic heterocycles. The first kappa shape index (κ1) is 24.7. The summed E-state index contributed by atoms with van der Waals surface area (Å²) in [4.78, 5) is 32.6. The molecule has 0 bridgehead atoms. The van der Waals surface area contributed by atoms with E-state index in [1.165, 1.54) is 19.4 Å². The van der Waals surface area contributed by atoms with Crippen molar-refractivity contribution in [1.29, 1.82) is 0 Å². The lowest BCUT2D eigenvalue weighted by Crippen LogP contribution is -2.41. The van der Waals surface area contributed by atoms with Gasteiger partial charge < -0.3 is 15.4 Å². The van der Waals surface area contributed by atoms with E-state index < -0.39 is 32.8 Å². The number of carbonyl (C=O) groups excluding carboxylic acids is 2. The number of fused-ring (bicyclic) bond motifs is 1. The van der Waals surface area contributed by atoms with Crippen molar-refractivity contribution in [2.45, 2.75) is 12.2 Å². The van der Waals surface area contributed by atoms with Gasteiger partial charge in [0.1, 0.15) is 5.01 Å². The number of nitrogens with one attached hydrogen (secondary N) is 2. The number of ether oxygens (including phenoxy) is 1. The molecule has 2 heterocycles. The van der Waals surface area contributed by atoms with Gasteiger partial charge in [-0.15, -0.1) is 11.3 Å². The molecule has 12 heteroatoms. The van der Waals surface area contributed by atoms with Crippen molar-refractivity contribution in [3.05, 3.63) is 47.5 Å². The molecule has 176 valence electrons. The highest BCUT2D eigenvalue weighted by molar-refractivity contribution is 7.92. The van der Waals surface area contributed by atoms with Crippen molar-refractivity contribution in [1.82, 2.24) is 20.6 Å². The zero-order valence-electron chi connectivity index (χ0n) is 18.0. The summed E-state index contributed by atoms with van der Waals surface area (Å²) >= 11 is 1.06. The number of hydrogen-bond acceptors (Lipinski definition) is 8. The van der Waals surface area contributed by atoms with Crippen molar-refractivity contribution >= 4 is 43.2 Å². The van der Waals surface area contributed by atoms with Crippen LogP contribution in [0.2, 0.25) is 0 Å². The third-order valence-corrected chi connectivity index (χ3v) is 7.78. The van der Waals surface area contributed by atoms with Gasteiger partial charge in [-0.3, -0.25) is 9.59 Å². The zero-order chi connectivity index (χ0) is 24.0. The van der Waals surface area contributed by atoms with Crippen LogP contribution >= 0.6 is 11.3 Å². The Morgan fingerprint density at radius 3 is 2.61 bits per heavy atom. The van der Waals surface area contributed by atoms with Gasteiger partial charge in [0, 0.05) is 25.4 Å². The molecule has 0 saturated heterocycles. The largest absolute Gasteiger partial charge is 0.384 e. The highest BCUT2D eigenvalue weighted by atomic mass is 32.2. The maximum atomic E-state index is 13.1. The van der Waals surface area contributed by atoms with Crippen molar-refractivity contribution < 1.29 is 27.1 Å². The van der Waals surface area contributed by atoms with E-state index in [0.29, 0.717) is 22.3 Å². The topological polar surface area (TPSA) is 127 Å². The summed E-state index contributed by atoms with van der Waals surface area (Å²) in [5.41, 5.74) is 1.93. The van der Waals surface area contributed by atoms with E-state index in [4.69, 9.17) is 4.74 Å². The van der Waals surface area contributed by atoms with E-state index in [1.807, 2.05) is 0 Å². The van der Waals surface area contributed by atoms with Crippen LogP contribution in [0.5, 0.6) is 0 Å². The summed E-state index contributed by atoms with van der Waals surface area (Å²) in [6.45, 7) is 1.67. The standard InChI is InChI=1S/C21H23FN4O5S2/c1-3-23-18(27)12-25-20(28)19(33(29,30)9-8-31-2)21-26-15-6-4-13(10-16(15)32-21)14-5-7-17(22)24-11-14/h4-7,10-11,19H,3,8-9,12H2,1-2H3,(H,23,27)(H,25,28). The number of nitrogens with zero attached hydrogens (tertiary/aromatic N) is 2. The number of rotatable bonds is 10. The number of pyridine rings is 1. The molecule has 0 aliphatic heterocycles. The van der Waals surface area contributed by atoms with Gasteiger partial charge in [-0.2, -0.15) is 4.39 Å². The predicted molar refractivity (Wildman–Crippen MR) is 123 cm³/mol. The van der Waals surface area contributed by atoms with Gasteiger partial charge in [0.2, 0.25) is 17.8 Å². The van der Waals surface area contributed by atoms with E-state index in [2.05, 4.69) is 20.6 Å². The quantitative estimate of drug-likeness (QED) is 0.412. The highest BCUT2D eigenvalue weighted by Crippen LogP contribution is 2.34. The van der Waals surface area contributed by atoms with Gasteiger partial charge in [0.15, 0.2) is 15.1 Å². The first-order valence-corrected chi connectivity index (χ1v) is 12.6. The summed E-state index contributed by atoms with van der Waals surface area (Å²) in [6.07, 6.45) is 1.39. The number of hydrogen-bond donors (Lipinski definition) is 2. The third kappa shape index (κ3) is 6.09. The number of methoxy groups -OCH3 is 1. The fourth-order valence-electron chi connectivity index (χ4n) is 3.05. The molecule has 1 aromatic carbocycles. The lowest BCUT2D eigenvalue weighted by atomic mass is 10.1. The molecule has 0 aliphatic rings. The van der Waals surface area contributed by atoms with E-state index in [1.54, 1.807) is 31.2 Å². The Morgan fingerprint density at radius 1 is 1.18 bits per heavy atom. The Labute approximate surface area is 194 Å². The molecule has 0 aliphatic carbocycles. The number of thiazole rings is 1. The van der Waals surface area contributed by atoms with Crippen LogP contribution in [0.15, 0.2) is 36.5 Å². The lowest BCUT2D eigenvalue weighted by Gasteiger charge is -2.15. The summed E-state index contributed by atoms with van der Waals surface area (Å²) in [5.74, 6) is -2.24. The number of likely N-dealkylation sites (N-methyl/N-ethyl adjacent to an activating group) is 1. The molecule has 0 spiro atoms. The minimum absolute atomic E-state index is 0.0869. The number of amides is 2. The molecule has 1 atom stereocenters. The van der Waals surface area contributed by atoms with Gasteiger partial charge in [-0.05, 0) is 36.8 Å². The minimum Gasteiger partial charge on any atom is -0.384 e. The average molecular weight is 495 g/mol.